The predicted molar refractivity (Wildman–Crippen MR) is 78.8 cm³/mol. The number of alkyl halides is 2. The van der Waals surface area contributed by atoms with Crippen molar-refractivity contribution >= 4 is 30.9 Å². The average Bonchev–Trinajstić information content (AvgIpc) is 2.40. The maximum absolute atomic E-state index is 11.1. The van der Waals surface area contributed by atoms with Gasteiger partial charge >= 0.3 is 7.67 Å². The lowest BCUT2D eigenvalue weighted by atomic mass is 9.97. The van der Waals surface area contributed by atoms with Gasteiger partial charge in [0.2, 0.25) is 0 Å². The molecule has 1 aliphatic carbocycles. The number of hydrogen-bond donors (Lipinski definition) is 4. The standard InChI is InChI=1S/C6H13N.C4H11Cl2N2O3P/c7-6-4-2-1-3-5-6;5-1-3-8(4-2-6)12(10,11)7-9/h6H,1-5,7H2;9H,1-4H2,(H2,7,10,11). The van der Waals surface area contributed by atoms with Gasteiger partial charge in [0.25, 0.3) is 0 Å². The predicted octanol–water partition coefficient (Wildman–Crippen LogP) is 2.12. The van der Waals surface area contributed by atoms with Gasteiger partial charge < -0.3 is 15.8 Å². The monoisotopic (exact) mass is 335 g/mol. The molecule has 116 valence electrons. The highest BCUT2D eigenvalue weighted by atomic mass is 35.5. The Labute approximate surface area is 124 Å². The fraction of sp³-hybridized carbons (Fsp3) is 1.00. The number of halogens is 2. The minimum Gasteiger partial charge on any atom is -0.328 e. The van der Waals surface area contributed by atoms with Crippen LogP contribution in [0.5, 0.6) is 0 Å². The van der Waals surface area contributed by atoms with E-state index in [2.05, 4.69) is 0 Å². The molecule has 1 saturated carbocycles. The number of nitrogens with two attached hydrogens (primary N) is 1. The van der Waals surface area contributed by atoms with E-state index in [-0.39, 0.29) is 24.8 Å². The van der Waals surface area contributed by atoms with Crippen LogP contribution in [0, 0.1) is 0 Å². The van der Waals surface area contributed by atoms with E-state index in [1.807, 2.05) is 0 Å². The van der Waals surface area contributed by atoms with Crippen LogP contribution in [0.15, 0.2) is 0 Å². The summed E-state index contributed by atoms with van der Waals surface area (Å²) < 4.78 is 12.2. The van der Waals surface area contributed by atoms with Crippen molar-refractivity contribution in [2.75, 3.05) is 24.8 Å². The van der Waals surface area contributed by atoms with Crippen molar-refractivity contribution in [2.45, 2.75) is 38.1 Å². The molecule has 0 aromatic carbocycles. The Kier molecular flexibility index (Phi) is 11.7. The molecule has 0 amide bonds. The van der Waals surface area contributed by atoms with Gasteiger partial charge in [-0.3, -0.25) is 4.57 Å². The molecule has 1 atom stereocenters. The van der Waals surface area contributed by atoms with Crippen LogP contribution in [-0.2, 0) is 4.57 Å². The van der Waals surface area contributed by atoms with Gasteiger partial charge in [-0.05, 0) is 12.8 Å². The highest BCUT2D eigenvalue weighted by molar-refractivity contribution is 7.53. The smallest absolute Gasteiger partial charge is 0.328 e. The minimum atomic E-state index is -3.85. The Morgan fingerprint density at radius 3 is 1.95 bits per heavy atom. The zero-order chi connectivity index (χ0) is 14.7. The van der Waals surface area contributed by atoms with Gasteiger partial charge in [0, 0.05) is 30.9 Å². The molecule has 0 heterocycles. The van der Waals surface area contributed by atoms with E-state index in [1.165, 1.54) is 37.4 Å². The zero-order valence-corrected chi connectivity index (χ0v) is 13.4. The summed E-state index contributed by atoms with van der Waals surface area (Å²) in [6, 6.07) is 0.536. The maximum atomic E-state index is 11.1. The van der Waals surface area contributed by atoms with Crippen molar-refractivity contribution in [3.8, 4) is 0 Å². The number of hydrogen-bond acceptors (Lipinski definition) is 3. The van der Waals surface area contributed by atoms with E-state index < -0.39 is 7.67 Å². The minimum absolute atomic E-state index is 0.190. The van der Waals surface area contributed by atoms with Crippen molar-refractivity contribution in [1.29, 1.82) is 0 Å². The highest BCUT2D eigenvalue weighted by Crippen LogP contribution is 2.38. The van der Waals surface area contributed by atoms with E-state index in [4.69, 9.17) is 39.0 Å². The molecule has 1 rings (SSSR count). The Balaban J connectivity index is 0.000000388. The molecule has 5 N–H and O–H groups in total. The van der Waals surface area contributed by atoms with Crippen LogP contribution in [0.25, 0.3) is 0 Å². The second-order valence-electron chi connectivity index (χ2n) is 4.37. The first-order chi connectivity index (χ1) is 8.97. The Hall–Kier alpha value is 0.610. The summed E-state index contributed by atoms with van der Waals surface area (Å²) in [5, 5.41) is 9.66. The van der Waals surface area contributed by atoms with Crippen molar-refractivity contribution in [2.24, 2.45) is 5.73 Å². The summed E-state index contributed by atoms with van der Waals surface area (Å²) in [7, 11) is -3.85. The van der Waals surface area contributed by atoms with Crippen LogP contribution < -0.4 is 11.0 Å². The van der Waals surface area contributed by atoms with Gasteiger partial charge in [-0.25, -0.2) is 4.67 Å². The van der Waals surface area contributed by atoms with Gasteiger partial charge in [-0.2, -0.15) is 0 Å². The van der Waals surface area contributed by atoms with E-state index in [1.54, 1.807) is 0 Å². The van der Waals surface area contributed by atoms with Crippen molar-refractivity contribution in [3.05, 3.63) is 0 Å². The van der Waals surface area contributed by atoms with E-state index >= 15 is 0 Å². The second-order valence-corrected chi connectivity index (χ2v) is 6.98. The molecule has 0 bridgehead atoms. The molecule has 0 aromatic rings. The third kappa shape index (κ3) is 9.21. The van der Waals surface area contributed by atoms with Gasteiger partial charge in [0.1, 0.15) is 0 Å². The Morgan fingerprint density at radius 1 is 1.21 bits per heavy atom. The maximum Gasteiger partial charge on any atom is 0.363 e. The summed E-state index contributed by atoms with van der Waals surface area (Å²) in [4.78, 5) is 9.05. The summed E-state index contributed by atoms with van der Waals surface area (Å²) in [5.74, 6) is 0.395. The van der Waals surface area contributed by atoms with E-state index in [0.29, 0.717) is 6.04 Å². The normalized spacial score (nSPS) is 19.7. The van der Waals surface area contributed by atoms with Crippen LogP contribution in [0.2, 0.25) is 0 Å². The molecule has 1 unspecified atom stereocenters. The molecule has 9 heteroatoms. The lowest BCUT2D eigenvalue weighted by molar-refractivity contribution is 0.199. The molecular formula is C10H24Cl2N3O3P. The first kappa shape index (κ1) is 19.6. The molecule has 1 fully saturated rings. The van der Waals surface area contributed by atoms with Crippen molar-refractivity contribution in [1.82, 2.24) is 9.92 Å². The topological polar surface area (TPSA) is 98.8 Å². The Morgan fingerprint density at radius 2 is 1.68 bits per heavy atom. The number of rotatable bonds is 6. The molecule has 19 heavy (non-hydrogen) atoms. The van der Waals surface area contributed by atoms with Crippen molar-refractivity contribution < 1.29 is 14.7 Å². The summed E-state index contributed by atoms with van der Waals surface area (Å²) in [6.07, 6.45) is 6.66. The molecule has 0 spiro atoms. The SMILES string of the molecule is NC1CCCCC1.O=P(O)(NO)N(CCCl)CCCl. The Bertz CT molecular complexity index is 262. The lowest BCUT2D eigenvalue weighted by Crippen LogP contribution is -2.29. The van der Waals surface area contributed by atoms with Crippen LogP contribution >= 0.6 is 30.9 Å². The number of nitrogens with one attached hydrogen (secondary N) is 1. The van der Waals surface area contributed by atoms with Crippen LogP contribution in [0.3, 0.4) is 0 Å². The summed E-state index contributed by atoms with van der Waals surface area (Å²) >= 11 is 10.7. The summed E-state index contributed by atoms with van der Waals surface area (Å²) in [6.45, 7) is 0.380. The number of nitrogens with zero attached hydrogens (tertiary/aromatic N) is 1. The molecule has 0 aliphatic heterocycles. The van der Waals surface area contributed by atoms with Crippen LogP contribution in [0.1, 0.15) is 32.1 Å². The van der Waals surface area contributed by atoms with Gasteiger partial charge in [-0.15, -0.1) is 28.5 Å². The van der Waals surface area contributed by atoms with Crippen LogP contribution in [-0.4, -0.2) is 45.7 Å². The zero-order valence-electron chi connectivity index (χ0n) is 11.0. The fourth-order valence-electron chi connectivity index (χ4n) is 1.78. The molecule has 0 radical (unpaired) electrons. The largest absolute Gasteiger partial charge is 0.363 e. The fourth-order valence-corrected chi connectivity index (χ4v) is 3.29. The van der Waals surface area contributed by atoms with E-state index in [9.17, 15) is 4.57 Å². The molecular weight excluding hydrogens is 312 g/mol. The first-order valence-corrected chi connectivity index (χ1v) is 9.03. The summed E-state index contributed by atoms with van der Waals surface area (Å²) in [5.41, 5.74) is 5.63. The average molecular weight is 336 g/mol. The lowest BCUT2D eigenvalue weighted by Gasteiger charge is -2.23. The van der Waals surface area contributed by atoms with Gasteiger partial charge in [0.05, 0.1) is 0 Å². The first-order valence-electron chi connectivity index (χ1n) is 6.35. The van der Waals surface area contributed by atoms with E-state index in [0.717, 1.165) is 4.67 Å². The third-order valence-electron chi connectivity index (χ3n) is 2.85. The van der Waals surface area contributed by atoms with Crippen LogP contribution in [0.4, 0.5) is 0 Å². The second kappa shape index (κ2) is 11.3. The third-order valence-corrected chi connectivity index (χ3v) is 4.61. The van der Waals surface area contributed by atoms with Crippen molar-refractivity contribution in [3.63, 3.8) is 0 Å². The van der Waals surface area contributed by atoms with Gasteiger partial charge in [0.15, 0.2) is 0 Å². The molecule has 1 aliphatic rings. The molecule has 0 saturated heterocycles. The highest BCUT2D eigenvalue weighted by Gasteiger charge is 2.25. The molecule has 6 nitrogen and oxygen atoms in total. The van der Waals surface area contributed by atoms with Gasteiger partial charge in [-0.1, -0.05) is 19.3 Å². The quantitative estimate of drug-likeness (QED) is 0.337. The molecule has 0 aromatic heterocycles.